The molecule has 1 aromatic carbocycles. The summed E-state index contributed by atoms with van der Waals surface area (Å²) in [6.45, 7) is 3.81. The Balaban J connectivity index is 2.37. The van der Waals surface area contributed by atoms with E-state index in [1.165, 1.54) is 0 Å². The third-order valence-corrected chi connectivity index (χ3v) is 3.15. The van der Waals surface area contributed by atoms with Crippen LogP contribution >= 0.6 is 11.6 Å². The Labute approximate surface area is 110 Å². The van der Waals surface area contributed by atoms with E-state index in [0.29, 0.717) is 17.2 Å². The molecule has 1 heterocycles. The summed E-state index contributed by atoms with van der Waals surface area (Å²) in [5, 5.41) is 0.721. The lowest BCUT2D eigenvalue weighted by Gasteiger charge is -2.09. The predicted octanol–water partition coefficient (Wildman–Crippen LogP) is 3.96. The summed E-state index contributed by atoms with van der Waals surface area (Å²) < 4.78 is 5.62. The highest BCUT2D eigenvalue weighted by Gasteiger charge is 2.08. The first kappa shape index (κ1) is 12.6. The van der Waals surface area contributed by atoms with Crippen molar-refractivity contribution in [2.45, 2.75) is 13.8 Å². The van der Waals surface area contributed by atoms with Gasteiger partial charge in [0.15, 0.2) is 6.29 Å². The molecule has 0 bridgehead atoms. The molecule has 1 aromatic heterocycles. The van der Waals surface area contributed by atoms with Crippen molar-refractivity contribution in [3.63, 3.8) is 0 Å². The van der Waals surface area contributed by atoms with Gasteiger partial charge in [-0.25, -0.2) is 4.98 Å². The Bertz CT molecular complexity index is 573. The SMILES string of the molecule is Cc1cc(Oc2ncccc2C=O)cc(C)c1Cl. The number of benzene rings is 1. The maximum absolute atomic E-state index is 10.9. The molecule has 0 unspecified atom stereocenters. The summed E-state index contributed by atoms with van der Waals surface area (Å²) in [6.07, 6.45) is 2.30. The average molecular weight is 262 g/mol. The number of hydrogen-bond acceptors (Lipinski definition) is 3. The van der Waals surface area contributed by atoms with Crippen molar-refractivity contribution in [2.24, 2.45) is 0 Å². The van der Waals surface area contributed by atoms with Crippen LogP contribution in [0.5, 0.6) is 11.6 Å². The normalized spacial score (nSPS) is 10.2. The Kier molecular flexibility index (Phi) is 3.63. The number of carbonyl (C=O) groups excluding carboxylic acids is 1. The monoisotopic (exact) mass is 261 g/mol. The second-order valence-electron chi connectivity index (χ2n) is 3.99. The van der Waals surface area contributed by atoms with E-state index in [2.05, 4.69) is 4.98 Å². The molecule has 0 saturated carbocycles. The number of hydrogen-bond donors (Lipinski definition) is 0. The topological polar surface area (TPSA) is 39.2 Å². The number of rotatable bonds is 3. The van der Waals surface area contributed by atoms with Gasteiger partial charge in [0.1, 0.15) is 5.75 Å². The molecular weight excluding hydrogens is 250 g/mol. The van der Waals surface area contributed by atoms with Crippen LogP contribution in [0.25, 0.3) is 0 Å². The number of halogens is 1. The van der Waals surface area contributed by atoms with E-state index in [9.17, 15) is 4.79 Å². The summed E-state index contributed by atoms with van der Waals surface area (Å²) in [6, 6.07) is 6.98. The highest BCUT2D eigenvalue weighted by molar-refractivity contribution is 6.32. The fraction of sp³-hybridized carbons (Fsp3) is 0.143. The summed E-state index contributed by atoms with van der Waals surface area (Å²) in [5.74, 6) is 0.921. The second kappa shape index (κ2) is 5.19. The summed E-state index contributed by atoms with van der Waals surface area (Å²) in [4.78, 5) is 14.9. The average Bonchev–Trinajstić information content (AvgIpc) is 2.36. The van der Waals surface area contributed by atoms with Gasteiger partial charge in [0.25, 0.3) is 0 Å². The van der Waals surface area contributed by atoms with E-state index in [0.717, 1.165) is 22.4 Å². The molecule has 0 radical (unpaired) electrons. The van der Waals surface area contributed by atoms with E-state index < -0.39 is 0 Å². The summed E-state index contributed by atoms with van der Waals surface area (Å²) >= 11 is 6.08. The highest BCUT2D eigenvalue weighted by atomic mass is 35.5. The van der Waals surface area contributed by atoms with Gasteiger partial charge in [0.05, 0.1) is 5.56 Å². The van der Waals surface area contributed by atoms with E-state index in [-0.39, 0.29) is 0 Å². The molecule has 0 amide bonds. The zero-order valence-electron chi connectivity index (χ0n) is 10.1. The van der Waals surface area contributed by atoms with Crippen LogP contribution in [0.3, 0.4) is 0 Å². The van der Waals surface area contributed by atoms with Crippen LogP contribution in [0.4, 0.5) is 0 Å². The van der Waals surface area contributed by atoms with Gasteiger partial charge < -0.3 is 4.74 Å². The molecule has 0 spiro atoms. The molecule has 0 atom stereocenters. The van der Waals surface area contributed by atoms with Gasteiger partial charge in [-0.3, -0.25) is 4.79 Å². The van der Waals surface area contributed by atoms with E-state index >= 15 is 0 Å². The number of ether oxygens (including phenoxy) is 1. The first-order valence-electron chi connectivity index (χ1n) is 5.46. The van der Waals surface area contributed by atoms with Crippen molar-refractivity contribution in [1.82, 2.24) is 4.98 Å². The van der Waals surface area contributed by atoms with Crippen molar-refractivity contribution >= 4 is 17.9 Å². The molecule has 0 aliphatic rings. The molecule has 0 aliphatic heterocycles. The van der Waals surface area contributed by atoms with Gasteiger partial charge in [-0.1, -0.05) is 11.6 Å². The summed E-state index contributed by atoms with van der Waals surface area (Å²) in [7, 11) is 0. The van der Waals surface area contributed by atoms with Crippen LogP contribution in [-0.4, -0.2) is 11.3 Å². The molecule has 2 rings (SSSR count). The standard InChI is InChI=1S/C14H12ClNO2/c1-9-6-12(7-10(2)13(9)15)18-14-11(8-17)4-3-5-16-14/h3-8H,1-2H3. The molecule has 0 aliphatic carbocycles. The predicted molar refractivity (Wildman–Crippen MR) is 70.6 cm³/mol. The first-order chi connectivity index (χ1) is 8.61. The maximum atomic E-state index is 10.9. The van der Waals surface area contributed by atoms with Crippen molar-refractivity contribution in [2.75, 3.05) is 0 Å². The second-order valence-corrected chi connectivity index (χ2v) is 4.37. The van der Waals surface area contributed by atoms with E-state index in [1.54, 1.807) is 18.3 Å². The number of aryl methyl sites for hydroxylation is 2. The number of nitrogens with zero attached hydrogens (tertiary/aromatic N) is 1. The van der Waals surface area contributed by atoms with Gasteiger partial charge in [-0.05, 0) is 49.2 Å². The van der Waals surface area contributed by atoms with Crippen LogP contribution in [0, 0.1) is 13.8 Å². The van der Waals surface area contributed by atoms with Crippen molar-refractivity contribution < 1.29 is 9.53 Å². The Morgan fingerprint density at radius 3 is 2.56 bits per heavy atom. The van der Waals surface area contributed by atoms with Crippen LogP contribution in [0.1, 0.15) is 21.5 Å². The summed E-state index contributed by atoms with van der Waals surface area (Å²) in [5.41, 5.74) is 2.27. The fourth-order valence-electron chi connectivity index (χ4n) is 1.65. The quantitative estimate of drug-likeness (QED) is 0.785. The molecule has 3 nitrogen and oxygen atoms in total. The van der Waals surface area contributed by atoms with Crippen LogP contribution in [-0.2, 0) is 0 Å². The van der Waals surface area contributed by atoms with Gasteiger partial charge >= 0.3 is 0 Å². The van der Waals surface area contributed by atoms with Crippen molar-refractivity contribution in [1.29, 1.82) is 0 Å². The van der Waals surface area contributed by atoms with E-state index in [1.807, 2.05) is 26.0 Å². The molecule has 2 aromatic rings. The zero-order valence-corrected chi connectivity index (χ0v) is 10.9. The lowest BCUT2D eigenvalue weighted by molar-refractivity contribution is 0.112. The van der Waals surface area contributed by atoms with Gasteiger partial charge in [0.2, 0.25) is 5.88 Å². The molecule has 92 valence electrons. The molecule has 4 heteroatoms. The smallest absolute Gasteiger partial charge is 0.229 e. The minimum absolute atomic E-state index is 0.300. The fourth-order valence-corrected chi connectivity index (χ4v) is 1.76. The number of carbonyl (C=O) groups is 1. The van der Waals surface area contributed by atoms with E-state index in [4.69, 9.17) is 16.3 Å². The number of aromatic nitrogens is 1. The molecule has 18 heavy (non-hydrogen) atoms. The van der Waals surface area contributed by atoms with Gasteiger partial charge in [-0.15, -0.1) is 0 Å². The first-order valence-corrected chi connectivity index (χ1v) is 5.84. The van der Waals surface area contributed by atoms with Crippen LogP contribution < -0.4 is 4.74 Å². The molecule has 0 N–H and O–H groups in total. The Morgan fingerprint density at radius 2 is 1.94 bits per heavy atom. The van der Waals surface area contributed by atoms with Crippen LogP contribution in [0.2, 0.25) is 5.02 Å². The van der Waals surface area contributed by atoms with Crippen LogP contribution in [0.15, 0.2) is 30.5 Å². The number of pyridine rings is 1. The minimum Gasteiger partial charge on any atom is -0.438 e. The Morgan fingerprint density at radius 1 is 1.28 bits per heavy atom. The van der Waals surface area contributed by atoms with Crippen molar-refractivity contribution in [3.8, 4) is 11.6 Å². The van der Waals surface area contributed by atoms with Gasteiger partial charge in [-0.2, -0.15) is 0 Å². The minimum atomic E-state index is 0.300. The zero-order chi connectivity index (χ0) is 13.1. The molecular formula is C14H12ClNO2. The third-order valence-electron chi connectivity index (χ3n) is 2.55. The highest BCUT2D eigenvalue weighted by Crippen LogP contribution is 2.29. The lowest BCUT2D eigenvalue weighted by Crippen LogP contribution is -1.94. The van der Waals surface area contributed by atoms with Gasteiger partial charge in [0, 0.05) is 11.2 Å². The third kappa shape index (κ3) is 2.51. The molecule has 0 fully saturated rings. The van der Waals surface area contributed by atoms with Crippen molar-refractivity contribution in [3.05, 3.63) is 52.2 Å². The number of aldehydes is 1. The Hall–Kier alpha value is -1.87. The largest absolute Gasteiger partial charge is 0.438 e. The maximum Gasteiger partial charge on any atom is 0.229 e. The molecule has 0 saturated heterocycles. The lowest BCUT2D eigenvalue weighted by atomic mass is 10.1.